The SMILES string of the molecule is Cc1ccc2c(c1C)[n+](Cc1ccccc1)c(C(=O)[O-])n2Cc1ccccc1. The van der Waals surface area contributed by atoms with Crippen LogP contribution in [0.4, 0.5) is 0 Å². The van der Waals surface area contributed by atoms with Crippen molar-refractivity contribution in [3.8, 4) is 0 Å². The molecule has 0 atom stereocenters. The minimum atomic E-state index is -1.17. The molecular weight excluding hydrogens is 348 g/mol. The third kappa shape index (κ3) is 3.18. The van der Waals surface area contributed by atoms with Crippen molar-refractivity contribution in [2.45, 2.75) is 26.9 Å². The van der Waals surface area contributed by atoms with Crippen LogP contribution in [0.3, 0.4) is 0 Å². The maximum Gasteiger partial charge on any atom is 0.306 e. The second-order valence-corrected chi connectivity index (χ2v) is 7.13. The first-order chi connectivity index (χ1) is 13.6. The van der Waals surface area contributed by atoms with Crippen LogP contribution in [0.25, 0.3) is 11.0 Å². The summed E-state index contributed by atoms with van der Waals surface area (Å²) in [6, 6.07) is 23.9. The van der Waals surface area contributed by atoms with E-state index in [1.165, 1.54) is 0 Å². The Labute approximate surface area is 164 Å². The molecule has 4 aromatic rings. The van der Waals surface area contributed by atoms with E-state index in [1.807, 2.05) is 88.9 Å². The topological polar surface area (TPSA) is 48.9 Å². The Hall–Kier alpha value is -3.40. The fourth-order valence-corrected chi connectivity index (χ4v) is 3.78. The van der Waals surface area contributed by atoms with Crippen LogP contribution in [0.2, 0.25) is 0 Å². The van der Waals surface area contributed by atoms with E-state index in [-0.39, 0.29) is 5.82 Å². The molecule has 4 heteroatoms. The molecule has 3 aromatic carbocycles. The maximum absolute atomic E-state index is 12.2. The molecule has 0 bridgehead atoms. The van der Waals surface area contributed by atoms with E-state index in [0.717, 1.165) is 33.3 Å². The van der Waals surface area contributed by atoms with Crippen molar-refractivity contribution in [3.05, 3.63) is 101 Å². The smallest absolute Gasteiger partial charge is 0.306 e. The molecule has 0 amide bonds. The first-order valence-electron chi connectivity index (χ1n) is 9.37. The Morgan fingerprint density at radius 2 is 1.50 bits per heavy atom. The van der Waals surface area contributed by atoms with Gasteiger partial charge in [-0.2, -0.15) is 0 Å². The van der Waals surface area contributed by atoms with Crippen molar-refractivity contribution in [2.24, 2.45) is 0 Å². The second-order valence-electron chi connectivity index (χ2n) is 7.13. The minimum Gasteiger partial charge on any atom is -0.538 e. The molecule has 140 valence electrons. The number of aryl methyl sites for hydroxylation is 2. The quantitative estimate of drug-likeness (QED) is 0.507. The van der Waals surface area contributed by atoms with Gasteiger partial charge in [0.2, 0.25) is 0 Å². The van der Waals surface area contributed by atoms with Gasteiger partial charge in [0.25, 0.3) is 0 Å². The Morgan fingerprint density at radius 1 is 0.893 bits per heavy atom. The van der Waals surface area contributed by atoms with E-state index < -0.39 is 5.97 Å². The molecule has 1 heterocycles. The van der Waals surface area contributed by atoms with Crippen molar-refractivity contribution in [2.75, 3.05) is 0 Å². The highest BCUT2D eigenvalue weighted by Crippen LogP contribution is 2.23. The molecule has 1 aromatic heterocycles. The van der Waals surface area contributed by atoms with Crippen molar-refractivity contribution in [1.29, 1.82) is 0 Å². The number of carboxylic acid groups (broad SMARTS) is 1. The zero-order valence-corrected chi connectivity index (χ0v) is 16.1. The van der Waals surface area contributed by atoms with Gasteiger partial charge in [-0.05, 0) is 36.6 Å². The molecule has 0 aliphatic heterocycles. The first-order valence-corrected chi connectivity index (χ1v) is 9.37. The van der Waals surface area contributed by atoms with Gasteiger partial charge < -0.3 is 9.90 Å². The highest BCUT2D eigenvalue weighted by atomic mass is 16.4. The highest BCUT2D eigenvalue weighted by molar-refractivity contribution is 5.86. The summed E-state index contributed by atoms with van der Waals surface area (Å²) < 4.78 is 3.74. The van der Waals surface area contributed by atoms with Gasteiger partial charge in [0, 0.05) is 5.56 Å². The fourth-order valence-electron chi connectivity index (χ4n) is 3.78. The molecule has 0 fully saturated rings. The number of fused-ring (bicyclic) bond motifs is 1. The number of carbonyl (C=O) groups excluding carboxylic acids is 1. The van der Waals surface area contributed by atoms with Crippen molar-refractivity contribution < 1.29 is 14.5 Å². The van der Waals surface area contributed by atoms with Gasteiger partial charge in [-0.3, -0.25) is 0 Å². The Kier molecular flexibility index (Phi) is 4.70. The van der Waals surface area contributed by atoms with Crippen LogP contribution in [0, 0.1) is 13.8 Å². The fraction of sp³-hybridized carbons (Fsp3) is 0.167. The zero-order chi connectivity index (χ0) is 19.7. The minimum absolute atomic E-state index is 0.191. The van der Waals surface area contributed by atoms with E-state index >= 15 is 0 Å². The highest BCUT2D eigenvalue weighted by Gasteiger charge is 2.28. The first kappa shape index (κ1) is 18.0. The van der Waals surface area contributed by atoms with Crippen LogP contribution in [0.15, 0.2) is 72.8 Å². The average Bonchev–Trinajstić information content (AvgIpc) is 3.00. The zero-order valence-electron chi connectivity index (χ0n) is 16.1. The standard InChI is InChI=1S/C24H22N2O2/c1-17-13-14-21-22(18(17)2)26(16-20-11-7-4-8-12-20)23(24(27)28)25(21)15-19-9-5-3-6-10-19/h3-14H,15-16H2,1-2H3. The number of carbonyl (C=O) groups is 1. The number of aromatic nitrogens is 2. The van der Waals surface area contributed by atoms with Crippen LogP contribution in [-0.2, 0) is 13.1 Å². The Balaban J connectivity index is 1.99. The van der Waals surface area contributed by atoms with Gasteiger partial charge in [-0.25, -0.2) is 9.13 Å². The van der Waals surface area contributed by atoms with Crippen molar-refractivity contribution in [3.63, 3.8) is 0 Å². The summed E-state index contributed by atoms with van der Waals surface area (Å²) in [4.78, 5) is 12.2. The Bertz CT molecular complexity index is 1150. The molecule has 0 aliphatic rings. The summed E-state index contributed by atoms with van der Waals surface area (Å²) in [5.74, 6) is -0.975. The molecular formula is C24H22N2O2. The molecule has 0 N–H and O–H groups in total. The van der Waals surface area contributed by atoms with Crippen molar-refractivity contribution in [1.82, 2.24) is 4.57 Å². The Morgan fingerprint density at radius 3 is 2.11 bits per heavy atom. The summed E-state index contributed by atoms with van der Waals surface area (Å²) in [5.41, 5.74) is 6.17. The van der Waals surface area contributed by atoms with Crippen LogP contribution >= 0.6 is 0 Å². The number of nitrogens with zero attached hydrogens (tertiary/aromatic N) is 2. The lowest BCUT2D eigenvalue weighted by molar-refractivity contribution is -0.668. The van der Waals surface area contributed by atoms with Crippen LogP contribution in [-0.4, -0.2) is 10.5 Å². The molecule has 0 saturated carbocycles. The van der Waals surface area contributed by atoms with Gasteiger partial charge in [-0.15, -0.1) is 0 Å². The van der Waals surface area contributed by atoms with E-state index in [0.29, 0.717) is 13.1 Å². The monoisotopic (exact) mass is 370 g/mol. The summed E-state index contributed by atoms with van der Waals surface area (Å²) in [6.07, 6.45) is 0. The number of rotatable bonds is 5. The number of benzene rings is 3. The van der Waals surface area contributed by atoms with E-state index in [2.05, 4.69) is 6.92 Å². The van der Waals surface area contributed by atoms with Gasteiger partial charge in [0.05, 0.1) is 0 Å². The normalized spacial score (nSPS) is 11.1. The molecule has 4 rings (SSSR count). The maximum atomic E-state index is 12.2. The number of carboxylic acids is 1. The molecule has 0 aliphatic carbocycles. The average molecular weight is 370 g/mol. The predicted molar refractivity (Wildman–Crippen MR) is 107 cm³/mol. The molecule has 0 unspecified atom stereocenters. The van der Waals surface area contributed by atoms with E-state index in [4.69, 9.17) is 0 Å². The van der Waals surface area contributed by atoms with Gasteiger partial charge in [0.1, 0.15) is 13.1 Å². The molecule has 0 radical (unpaired) electrons. The summed E-state index contributed by atoms with van der Waals surface area (Å²) in [5, 5.41) is 12.2. The molecule has 4 nitrogen and oxygen atoms in total. The summed E-state index contributed by atoms with van der Waals surface area (Å²) in [6.45, 7) is 5.05. The van der Waals surface area contributed by atoms with Gasteiger partial charge in [0.15, 0.2) is 17.0 Å². The second kappa shape index (κ2) is 7.31. The largest absolute Gasteiger partial charge is 0.538 e. The number of hydrogen-bond donors (Lipinski definition) is 0. The van der Waals surface area contributed by atoms with Crippen LogP contribution in [0.5, 0.6) is 0 Å². The lowest BCUT2D eigenvalue weighted by atomic mass is 10.1. The van der Waals surface area contributed by atoms with Crippen LogP contribution in [0.1, 0.15) is 32.9 Å². The predicted octanol–water partition coefficient (Wildman–Crippen LogP) is 3.01. The lowest BCUT2D eigenvalue weighted by Crippen LogP contribution is -2.45. The van der Waals surface area contributed by atoms with Gasteiger partial charge in [-0.1, -0.05) is 66.7 Å². The van der Waals surface area contributed by atoms with Crippen LogP contribution < -0.4 is 9.67 Å². The summed E-state index contributed by atoms with van der Waals surface area (Å²) >= 11 is 0. The van der Waals surface area contributed by atoms with E-state index in [9.17, 15) is 9.90 Å². The molecule has 28 heavy (non-hydrogen) atoms. The number of imidazole rings is 1. The number of aromatic carboxylic acids is 1. The third-order valence-electron chi connectivity index (χ3n) is 5.30. The van der Waals surface area contributed by atoms with Crippen molar-refractivity contribution >= 4 is 17.0 Å². The molecule has 0 saturated heterocycles. The summed E-state index contributed by atoms with van der Waals surface area (Å²) in [7, 11) is 0. The van der Waals surface area contributed by atoms with Gasteiger partial charge >= 0.3 is 5.82 Å². The number of hydrogen-bond acceptors (Lipinski definition) is 2. The van der Waals surface area contributed by atoms with E-state index in [1.54, 1.807) is 0 Å². The lowest BCUT2D eigenvalue weighted by Gasteiger charge is -2.07. The third-order valence-corrected chi connectivity index (χ3v) is 5.30. The molecule has 0 spiro atoms.